The molecule has 0 spiro atoms. The summed E-state index contributed by atoms with van der Waals surface area (Å²) in [6, 6.07) is 4.70. The van der Waals surface area contributed by atoms with E-state index in [-0.39, 0.29) is 11.6 Å². The number of anilines is 1. The molecule has 0 atom stereocenters. The monoisotopic (exact) mass is 257 g/mol. The lowest BCUT2D eigenvalue weighted by Gasteiger charge is -2.05. The summed E-state index contributed by atoms with van der Waals surface area (Å²) in [5, 5.41) is 0.789. The molecular formula is C10H6Cl2FN3. The summed E-state index contributed by atoms with van der Waals surface area (Å²) in [7, 11) is 0. The van der Waals surface area contributed by atoms with E-state index in [4.69, 9.17) is 28.9 Å². The number of rotatable bonds is 1. The van der Waals surface area contributed by atoms with Crippen LogP contribution in [0.25, 0.3) is 11.3 Å². The highest BCUT2D eigenvalue weighted by Gasteiger charge is 2.12. The van der Waals surface area contributed by atoms with Gasteiger partial charge in [0.15, 0.2) is 5.82 Å². The molecule has 82 valence electrons. The van der Waals surface area contributed by atoms with E-state index in [1.54, 1.807) is 12.1 Å². The lowest BCUT2D eigenvalue weighted by Crippen LogP contribution is -1.99. The van der Waals surface area contributed by atoms with Crippen molar-refractivity contribution in [1.82, 2.24) is 9.97 Å². The maximum Gasteiger partial charge on any atom is 0.220 e. The van der Waals surface area contributed by atoms with Crippen LogP contribution in [0.15, 0.2) is 24.4 Å². The molecule has 0 aliphatic heterocycles. The number of aromatic nitrogens is 2. The van der Waals surface area contributed by atoms with Gasteiger partial charge in [0.1, 0.15) is 5.69 Å². The molecule has 6 heteroatoms. The Bertz CT molecular complexity index is 496. The van der Waals surface area contributed by atoms with E-state index >= 15 is 0 Å². The van der Waals surface area contributed by atoms with E-state index in [1.165, 1.54) is 6.07 Å². The average Bonchev–Trinajstić information content (AvgIpc) is 2.25. The molecule has 1 heterocycles. The minimum absolute atomic E-state index is 0.0209. The van der Waals surface area contributed by atoms with Gasteiger partial charge in [-0.1, -0.05) is 23.2 Å². The van der Waals surface area contributed by atoms with Gasteiger partial charge in [0.05, 0.1) is 11.2 Å². The highest BCUT2D eigenvalue weighted by atomic mass is 35.5. The first kappa shape index (κ1) is 11.1. The first-order chi connectivity index (χ1) is 7.58. The standard InChI is InChI=1S/C10H6Cl2FN3/c11-5-1-2-7(12)6(3-5)9-8(13)4-15-10(14)16-9/h1-4H,(H2,14,15,16). The highest BCUT2D eigenvalue weighted by Crippen LogP contribution is 2.30. The van der Waals surface area contributed by atoms with E-state index in [0.29, 0.717) is 15.6 Å². The second-order valence-corrected chi connectivity index (χ2v) is 3.89. The maximum atomic E-state index is 13.5. The molecule has 0 aliphatic rings. The molecule has 0 unspecified atom stereocenters. The van der Waals surface area contributed by atoms with Crippen molar-refractivity contribution in [1.29, 1.82) is 0 Å². The zero-order valence-corrected chi connectivity index (χ0v) is 9.43. The summed E-state index contributed by atoms with van der Waals surface area (Å²) in [6.45, 7) is 0. The molecule has 2 aromatic rings. The zero-order chi connectivity index (χ0) is 11.7. The van der Waals surface area contributed by atoms with Gasteiger partial charge in [-0.15, -0.1) is 0 Å². The van der Waals surface area contributed by atoms with Crippen molar-refractivity contribution in [3.63, 3.8) is 0 Å². The number of benzene rings is 1. The van der Waals surface area contributed by atoms with Crippen molar-refractivity contribution in [3.8, 4) is 11.3 Å². The van der Waals surface area contributed by atoms with Crippen LogP contribution >= 0.6 is 23.2 Å². The van der Waals surface area contributed by atoms with Crippen molar-refractivity contribution in [2.24, 2.45) is 0 Å². The van der Waals surface area contributed by atoms with Gasteiger partial charge in [0, 0.05) is 10.6 Å². The average molecular weight is 258 g/mol. The van der Waals surface area contributed by atoms with Crippen molar-refractivity contribution in [2.75, 3.05) is 5.73 Å². The summed E-state index contributed by atoms with van der Waals surface area (Å²) in [5.41, 5.74) is 5.82. The highest BCUT2D eigenvalue weighted by molar-refractivity contribution is 6.35. The Kier molecular flexibility index (Phi) is 2.94. The molecule has 0 fully saturated rings. The Morgan fingerprint density at radius 1 is 1.25 bits per heavy atom. The van der Waals surface area contributed by atoms with Gasteiger partial charge in [0.2, 0.25) is 5.95 Å². The number of hydrogen-bond acceptors (Lipinski definition) is 3. The van der Waals surface area contributed by atoms with E-state index < -0.39 is 5.82 Å². The van der Waals surface area contributed by atoms with Crippen LogP contribution in [0.1, 0.15) is 0 Å². The second-order valence-electron chi connectivity index (χ2n) is 3.05. The van der Waals surface area contributed by atoms with Gasteiger partial charge in [-0.2, -0.15) is 0 Å². The molecule has 0 amide bonds. The number of nitrogens with two attached hydrogens (primary N) is 1. The van der Waals surface area contributed by atoms with Crippen LogP contribution in [0.5, 0.6) is 0 Å². The van der Waals surface area contributed by atoms with E-state index in [0.717, 1.165) is 6.20 Å². The SMILES string of the molecule is Nc1ncc(F)c(-c2cc(Cl)ccc2Cl)n1. The molecule has 0 saturated carbocycles. The summed E-state index contributed by atoms with van der Waals surface area (Å²) < 4.78 is 13.5. The first-order valence-corrected chi connectivity index (χ1v) is 5.07. The number of nitrogens with zero attached hydrogens (tertiary/aromatic N) is 2. The fraction of sp³-hybridized carbons (Fsp3) is 0. The largest absolute Gasteiger partial charge is 0.368 e. The number of hydrogen-bond donors (Lipinski definition) is 1. The van der Waals surface area contributed by atoms with E-state index in [1.807, 2.05) is 0 Å². The molecule has 3 nitrogen and oxygen atoms in total. The third kappa shape index (κ3) is 2.08. The normalized spacial score (nSPS) is 10.4. The maximum absolute atomic E-state index is 13.5. The van der Waals surface area contributed by atoms with Crippen LogP contribution in [0.3, 0.4) is 0 Å². The van der Waals surface area contributed by atoms with Crippen LogP contribution in [0, 0.1) is 5.82 Å². The topological polar surface area (TPSA) is 51.8 Å². The Morgan fingerprint density at radius 2 is 2.00 bits per heavy atom. The lowest BCUT2D eigenvalue weighted by molar-refractivity contribution is 0.619. The summed E-state index contributed by atoms with van der Waals surface area (Å²) in [5.74, 6) is -0.620. The molecule has 0 saturated heterocycles. The van der Waals surface area contributed by atoms with Crippen LogP contribution < -0.4 is 5.73 Å². The lowest BCUT2D eigenvalue weighted by atomic mass is 10.1. The predicted octanol–water partition coefficient (Wildman–Crippen LogP) is 3.17. The molecule has 2 N–H and O–H groups in total. The summed E-state index contributed by atoms with van der Waals surface area (Å²) in [6.07, 6.45) is 0.995. The van der Waals surface area contributed by atoms with Gasteiger partial charge >= 0.3 is 0 Å². The van der Waals surface area contributed by atoms with Crippen LogP contribution in [-0.4, -0.2) is 9.97 Å². The van der Waals surface area contributed by atoms with Crippen molar-refractivity contribution >= 4 is 29.2 Å². The Balaban J connectivity index is 2.66. The molecule has 16 heavy (non-hydrogen) atoms. The van der Waals surface area contributed by atoms with Gasteiger partial charge in [0.25, 0.3) is 0 Å². The second kappa shape index (κ2) is 4.23. The van der Waals surface area contributed by atoms with Crippen LogP contribution in [0.4, 0.5) is 10.3 Å². The Labute approximate surface area is 101 Å². The van der Waals surface area contributed by atoms with Gasteiger partial charge in [-0.25, -0.2) is 14.4 Å². The molecule has 0 aliphatic carbocycles. The van der Waals surface area contributed by atoms with Gasteiger partial charge in [-0.05, 0) is 18.2 Å². The molecule has 1 aromatic heterocycles. The fourth-order valence-corrected chi connectivity index (χ4v) is 1.63. The fourth-order valence-electron chi connectivity index (χ4n) is 1.25. The minimum atomic E-state index is -0.599. The Morgan fingerprint density at radius 3 is 2.75 bits per heavy atom. The molecule has 2 rings (SSSR count). The van der Waals surface area contributed by atoms with Crippen LogP contribution in [-0.2, 0) is 0 Å². The van der Waals surface area contributed by atoms with Crippen molar-refractivity contribution in [2.45, 2.75) is 0 Å². The van der Waals surface area contributed by atoms with Crippen molar-refractivity contribution < 1.29 is 4.39 Å². The van der Waals surface area contributed by atoms with E-state index in [9.17, 15) is 4.39 Å². The predicted molar refractivity (Wildman–Crippen MR) is 61.9 cm³/mol. The smallest absolute Gasteiger partial charge is 0.220 e. The van der Waals surface area contributed by atoms with Crippen LogP contribution in [0.2, 0.25) is 10.0 Å². The van der Waals surface area contributed by atoms with E-state index in [2.05, 4.69) is 9.97 Å². The Hall–Kier alpha value is -1.39. The quantitative estimate of drug-likeness (QED) is 0.854. The van der Waals surface area contributed by atoms with Gasteiger partial charge in [-0.3, -0.25) is 0 Å². The third-order valence-corrected chi connectivity index (χ3v) is 2.51. The molecule has 0 bridgehead atoms. The first-order valence-electron chi connectivity index (χ1n) is 4.31. The third-order valence-electron chi connectivity index (χ3n) is 1.95. The van der Waals surface area contributed by atoms with Gasteiger partial charge < -0.3 is 5.73 Å². The number of nitrogen functional groups attached to an aromatic ring is 1. The number of halogens is 3. The van der Waals surface area contributed by atoms with Crippen molar-refractivity contribution in [3.05, 3.63) is 40.3 Å². The molecular weight excluding hydrogens is 252 g/mol. The summed E-state index contributed by atoms with van der Waals surface area (Å²) >= 11 is 11.7. The zero-order valence-electron chi connectivity index (χ0n) is 7.92. The molecule has 1 aromatic carbocycles. The summed E-state index contributed by atoms with van der Waals surface area (Å²) in [4.78, 5) is 7.33. The minimum Gasteiger partial charge on any atom is -0.368 e. The molecule has 0 radical (unpaired) electrons.